The molecule has 0 saturated carbocycles. The maximum Gasteiger partial charge on any atom is 0.294 e. The normalized spacial score (nSPS) is 16.2. The molecule has 1 saturated heterocycles. The summed E-state index contributed by atoms with van der Waals surface area (Å²) >= 11 is 0. The van der Waals surface area contributed by atoms with Gasteiger partial charge in [0.05, 0.1) is 10.4 Å². The third-order valence-electron chi connectivity index (χ3n) is 5.45. The molecule has 1 aromatic heterocycles. The summed E-state index contributed by atoms with van der Waals surface area (Å²) in [5.41, 5.74) is 2.11. The minimum atomic E-state index is -3.63. The van der Waals surface area contributed by atoms with Crippen LogP contribution < -0.4 is 0 Å². The first-order valence-corrected chi connectivity index (χ1v) is 10.8. The number of sulfonamides is 1. The highest BCUT2D eigenvalue weighted by Crippen LogP contribution is 2.35. The molecule has 3 aromatic rings. The van der Waals surface area contributed by atoms with Crippen molar-refractivity contribution in [1.29, 1.82) is 0 Å². The van der Waals surface area contributed by atoms with E-state index < -0.39 is 15.8 Å². The molecule has 0 N–H and O–H groups in total. The van der Waals surface area contributed by atoms with Crippen molar-refractivity contribution in [3.05, 3.63) is 66.1 Å². The number of carbonyl (C=O) groups is 1. The van der Waals surface area contributed by atoms with Crippen molar-refractivity contribution in [2.45, 2.75) is 30.4 Å². The van der Waals surface area contributed by atoms with Crippen LogP contribution in [0.1, 0.15) is 24.3 Å². The van der Waals surface area contributed by atoms with Crippen molar-refractivity contribution in [2.75, 3.05) is 13.1 Å². The number of halogens is 1. The van der Waals surface area contributed by atoms with Gasteiger partial charge in [-0.15, -0.1) is 0 Å². The lowest BCUT2D eigenvalue weighted by molar-refractivity contribution is -0.131. The molecule has 0 radical (unpaired) electrons. The first kappa shape index (κ1) is 19.6. The second kappa shape index (κ2) is 7.96. The molecular weight excluding hydrogens is 395 g/mol. The van der Waals surface area contributed by atoms with Gasteiger partial charge in [0, 0.05) is 24.7 Å². The van der Waals surface area contributed by atoms with Gasteiger partial charge in [-0.25, -0.2) is 12.8 Å². The zero-order chi connectivity index (χ0) is 20.4. The van der Waals surface area contributed by atoms with Gasteiger partial charge in [0.2, 0.25) is 10.0 Å². The van der Waals surface area contributed by atoms with Crippen LogP contribution in [-0.2, 0) is 26.3 Å². The fraction of sp³-hybridized carbons (Fsp3) is 0.286. The van der Waals surface area contributed by atoms with Crippen LogP contribution in [0.3, 0.4) is 0 Å². The van der Waals surface area contributed by atoms with Crippen LogP contribution in [0, 0.1) is 5.82 Å². The van der Waals surface area contributed by atoms with Crippen molar-refractivity contribution in [3.8, 4) is 0 Å². The molecule has 2 aromatic carbocycles. The van der Waals surface area contributed by atoms with E-state index in [1.165, 1.54) is 16.4 Å². The predicted octanol–water partition coefficient (Wildman–Crippen LogP) is 3.48. The van der Waals surface area contributed by atoms with Gasteiger partial charge < -0.3 is 9.30 Å². The first-order chi connectivity index (χ1) is 14.0. The number of benzene rings is 2. The van der Waals surface area contributed by atoms with Crippen LogP contribution in [0.5, 0.6) is 0 Å². The standard InChI is InChI=1S/C21H21FN2O4S/c22-17-5-7-18(8-6-17)29(26,27)24-11-9-16(10-12-24)20-13-23(14-28-15-25)21-4-2-1-3-19(20)21/h1-8,13,15-16H,9-12,14H2. The Morgan fingerprint density at radius 2 is 1.76 bits per heavy atom. The van der Waals surface area contributed by atoms with Gasteiger partial charge in [-0.1, -0.05) is 18.2 Å². The number of piperidine rings is 1. The van der Waals surface area contributed by atoms with E-state index in [4.69, 9.17) is 4.74 Å². The van der Waals surface area contributed by atoms with Crippen molar-refractivity contribution < 1.29 is 22.3 Å². The Morgan fingerprint density at radius 3 is 2.45 bits per heavy atom. The number of fused-ring (bicyclic) bond motifs is 1. The number of carbonyl (C=O) groups excluding carboxylic acids is 1. The Balaban J connectivity index is 1.54. The topological polar surface area (TPSA) is 68.6 Å². The van der Waals surface area contributed by atoms with Crippen LogP contribution in [0.2, 0.25) is 0 Å². The quantitative estimate of drug-likeness (QED) is 0.577. The van der Waals surface area contributed by atoms with Crippen molar-refractivity contribution in [2.24, 2.45) is 0 Å². The number of nitrogens with zero attached hydrogens (tertiary/aromatic N) is 2. The molecule has 0 bridgehead atoms. The molecular formula is C21H21FN2O4S. The van der Waals surface area contributed by atoms with Crippen molar-refractivity contribution >= 4 is 27.4 Å². The van der Waals surface area contributed by atoms with Gasteiger partial charge in [0.1, 0.15) is 5.82 Å². The second-order valence-corrected chi connectivity index (χ2v) is 9.03. The lowest BCUT2D eigenvalue weighted by Crippen LogP contribution is -2.37. The number of para-hydroxylation sites is 1. The number of aromatic nitrogens is 1. The summed E-state index contributed by atoms with van der Waals surface area (Å²) in [4.78, 5) is 10.7. The Morgan fingerprint density at radius 1 is 1.07 bits per heavy atom. The minimum absolute atomic E-state index is 0.111. The van der Waals surface area contributed by atoms with Gasteiger partial charge in [-0.3, -0.25) is 4.79 Å². The van der Waals surface area contributed by atoms with Crippen LogP contribution in [0.25, 0.3) is 10.9 Å². The number of hydrogen-bond donors (Lipinski definition) is 0. The lowest BCUT2D eigenvalue weighted by atomic mass is 9.90. The molecule has 0 amide bonds. The molecule has 1 fully saturated rings. The van der Waals surface area contributed by atoms with E-state index >= 15 is 0 Å². The van der Waals surface area contributed by atoms with E-state index in [1.807, 2.05) is 35.0 Å². The second-order valence-electron chi connectivity index (χ2n) is 7.10. The van der Waals surface area contributed by atoms with Crippen LogP contribution in [0.4, 0.5) is 4.39 Å². The van der Waals surface area contributed by atoms with Crippen LogP contribution in [-0.4, -0.2) is 36.9 Å². The third-order valence-corrected chi connectivity index (χ3v) is 7.36. The van der Waals surface area contributed by atoms with Crippen molar-refractivity contribution in [3.63, 3.8) is 0 Å². The third kappa shape index (κ3) is 3.77. The molecule has 0 atom stereocenters. The van der Waals surface area contributed by atoms with E-state index in [2.05, 4.69) is 0 Å². The summed E-state index contributed by atoms with van der Waals surface area (Å²) in [7, 11) is -3.63. The summed E-state index contributed by atoms with van der Waals surface area (Å²) < 4.78 is 47.0. The minimum Gasteiger partial charge on any atom is -0.446 e. The Hall–Kier alpha value is -2.71. The molecule has 8 heteroatoms. The molecule has 0 spiro atoms. The Kier molecular flexibility index (Phi) is 5.38. The number of hydrogen-bond acceptors (Lipinski definition) is 4. The molecule has 152 valence electrons. The summed E-state index contributed by atoms with van der Waals surface area (Å²) in [5, 5.41) is 1.09. The maximum absolute atomic E-state index is 13.1. The van der Waals surface area contributed by atoms with Gasteiger partial charge in [0.25, 0.3) is 6.47 Å². The van der Waals surface area contributed by atoms with Gasteiger partial charge in [-0.2, -0.15) is 4.31 Å². The maximum atomic E-state index is 13.1. The predicted molar refractivity (Wildman–Crippen MR) is 106 cm³/mol. The molecule has 0 unspecified atom stereocenters. The Bertz CT molecular complexity index is 1120. The average Bonchev–Trinajstić information content (AvgIpc) is 3.11. The fourth-order valence-corrected chi connectivity index (χ4v) is 5.45. The number of ether oxygens (including phenoxy) is 1. The number of rotatable bonds is 6. The summed E-state index contributed by atoms with van der Waals surface area (Å²) in [6.45, 7) is 1.36. The zero-order valence-corrected chi connectivity index (χ0v) is 16.5. The summed E-state index contributed by atoms with van der Waals surface area (Å²) in [6, 6.07) is 12.8. The van der Waals surface area contributed by atoms with E-state index in [-0.39, 0.29) is 17.5 Å². The van der Waals surface area contributed by atoms with E-state index in [1.54, 1.807) is 0 Å². The summed E-state index contributed by atoms with van der Waals surface area (Å²) in [5.74, 6) is -0.255. The first-order valence-electron chi connectivity index (χ1n) is 9.39. The highest BCUT2D eigenvalue weighted by Gasteiger charge is 2.31. The molecule has 1 aliphatic heterocycles. The smallest absolute Gasteiger partial charge is 0.294 e. The van der Waals surface area contributed by atoms with E-state index in [9.17, 15) is 17.6 Å². The fourth-order valence-electron chi connectivity index (χ4n) is 3.98. The average molecular weight is 416 g/mol. The SMILES string of the molecule is O=COCn1cc(C2CCN(S(=O)(=O)c3ccc(F)cc3)CC2)c2ccccc21. The molecule has 1 aliphatic rings. The zero-order valence-electron chi connectivity index (χ0n) is 15.7. The highest BCUT2D eigenvalue weighted by molar-refractivity contribution is 7.89. The van der Waals surface area contributed by atoms with Crippen LogP contribution in [0.15, 0.2) is 59.6 Å². The molecule has 0 aliphatic carbocycles. The largest absolute Gasteiger partial charge is 0.446 e. The van der Waals surface area contributed by atoms with Crippen molar-refractivity contribution in [1.82, 2.24) is 8.87 Å². The molecule has 29 heavy (non-hydrogen) atoms. The molecule has 6 nitrogen and oxygen atoms in total. The van der Waals surface area contributed by atoms with Gasteiger partial charge in [0.15, 0.2) is 6.73 Å². The lowest BCUT2D eigenvalue weighted by Gasteiger charge is -2.31. The van der Waals surface area contributed by atoms with Crippen LogP contribution >= 0.6 is 0 Å². The van der Waals surface area contributed by atoms with Gasteiger partial charge in [-0.05, 0) is 54.7 Å². The summed E-state index contributed by atoms with van der Waals surface area (Å²) in [6.07, 6.45) is 3.36. The Labute approximate surface area is 168 Å². The highest BCUT2D eigenvalue weighted by atomic mass is 32.2. The molecule has 2 heterocycles. The molecule has 4 rings (SSSR count). The monoisotopic (exact) mass is 416 g/mol. The van der Waals surface area contributed by atoms with E-state index in [0.29, 0.717) is 32.4 Å². The van der Waals surface area contributed by atoms with E-state index in [0.717, 1.165) is 28.6 Å². The van der Waals surface area contributed by atoms with Gasteiger partial charge >= 0.3 is 0 Å².